The van der Waals surface area contributed by atoms with Gasteiger partial charge in [0.15, 0.2) is 0 Å². The molecule has 0 spiro atoms. The Bertz CT molecular complexity index is 456. The maximum atomic E-state index is 6.15. The van der Waals surface area contributed by atoms with E-state index in [0.717, 1.165) is 16.9 Å². The van der Waals surface area contributed by atoms with Gasteiger partial charge >= 0.3 is 0 Å². The van der Waals surface area contributed by atoms with Crippen LogP contribution in [-0.2, 0) is 0 Å². The van der Waals surface area contributed by atoms with Crippen molar-refractivity contribution in [2.24, 2.45) is 5.73 Å². The number of hydrogen-bond acceptors (Lipinski definition) is 4. The minimum absolute atomic E-state index is 0.156. The molecule has 0 aliphatic rings. The summed E-state index contributed by atoms with van der Waals surface area (Å²) in [6.45, 7) is 2.14. The van der Waals surface area contributed by atoms with Gasteiger partial charge < -0.3 is 5.73 Å². The summed E-state index contributed by atoms with van der Waals surface area (Å²) in [7, 11) is 0. The molecule has 0 aliphatic carbocycles. The third-order valence-electron chi connectivity index (χ3n) is 2.49. The smallest absolute Gasteiger partial charge is 0.115 e. The Kier molecular flexibility index (Phi) is 4.12. The lowest BCUT2D eigenvalue weighted by Crippen LogP contribution is -2.12. The molecular formula is C13H15N3S. The molecule has 1 atom stereocenters. The van der Waals surface area contributed by atoms with Crippen molar-refractivity contribution in [3.63, 3.8) is 0 Å². The van der Waals surface area contributed by atoms with E-state index in [2.05, 4.69) is 41.2 Å². The molecule has 2 N–H and O–H groups in total. The fourth-order valence-electron chi connectivity index (χ4n) is 1.60. The van der Waals surface area contributed by atoms with Crippen LogP contribution in [0.4, 0.5) is 0 Å². The molecule has 3 nitrogen and oxygen atoms in total. The van der Waals surface area contributed by atoms with Crippen LogP contribution in [0.2, 0.25) is 0 Å². The molecule has 1 aromatic carbocycles. The number of benzene rings is 1. The third kappa shape index (κ3) is 3.05. The highest BCUT2D eigenvalue weighted by atomic mass is 32.2. The van der Waals surface area contributed by atoms with Crippen molar-refractivity contribution >= 4 is 11.8 Å². The standard InChI is InChI=1S/C13H15N3S/c1-2-17-12-5-3-10(4-6-12)13(14)11-7-15-9-16-8-11/h3-9,13H,2,14H2,1H3. The molecule has 4 heteroatoms. The third-order valence-corrected chi connectivity index (χ3v) is 3.38. The topological polar surface area (TPSA) is 51.8 Å². The number of aromatic nitrogens is 2. The van der Waals surface area contributed by atoms with Crippen LogP contribution in [0, 0.1) is 0 Å². The Morgan fingerprint density at radius 1 is 1.12 bits per heavy atom. The van der Waals surface area contributed by atoms with Crippen LogP contribution in [0.15, 0.2) is 47.9 Å². The van der Waals surface area contributed by atoms with Crippen LogP contribution in [-0.4, -0.2) is 15.7 Å². The number of nitrogens with zero attached hydrogens (tertiary/aromatic N) is 2. The second kappa shape index (κ2) is 5.80. The van der Waals surface area contributed by atoms with Gasteiger partial charge in [-0.2, -0.15) is 0 Å². The van der Waals surface area contributed by atoms with E-state index in [1.54, 1.807) is 12.4 Å². The molecule has 0 saturated heterocycles. The maximum Gasteiger partial charge on any atom is 0.115 e. The highest BCUT2D eigenvalue weighted by Crippen LogP contribution is 2.22. The molecule has 1 aromatic heterocycles. The Labute approximate surface area is 105 Å². The van der Waals surface area contributed by atoms with Gasteiger partial charge in [-0.1, -0.05) is 19.1 Å². The highest BCUT2D eigenvalue weighted by Gasteiger charge is 2.08. The zero-order valence-corrected chi connectivity index (χ0v) is 10.5. The van der Waals surface area contributed by atoms with Crippen molar-refractivity contribution in [2.45, 2.75) is 17.9 Å². The fourth-order valence-corrected chi connectivity index (χ4v) is 2.26. The summed E-state index contributed by atoms with van der Waals surface area (Å²) in [5.74, 6) is 1.08. The zero-order chi connectivity index (χ0) is 12.1. The average molecular weight is 245 g/mol. The van der Waals surface area contributed by atoms with Gasteiger partial charge in [-0.25, -0.2) is 9.97 Å². The van der Waals surface area contributed by atoms with Crippen LogP contribution < -0.4 is 5.73 Å². The molecule has 0 saturated carbocycles. The van der Waals surface area contributed by atoms with Crippen LogP contribution in [0.5, 0.6) is 0 Å². The minimum Gasteiger partial charge on any atom is -0.320 e. The summed E-state index contributed by atoms with van der Waals surface area (Å²) in [6.07, 6.45) is 5.02. The lowest BCUT2D eigenvalue weighted by Gasteiger charge is -2.11. The second-order valence-electron chi connectivity index (χ2n) is 3.65. The highest BCUT2D eigenvalue weighted by molar-refractivity contribution is 7.99. The first-order chi connectivity index (χ1) is 8.31. The molecule has 17 heavy (non-hydrogen) atoms. The van der Waals surface area contributed by atoms with Gasteiger partial charge in [0.25, 0.3) is 0 Å². The van der Waals surface area contributed by atoms with Gasteiger partial charge in [0.1, 0.15) is 6.33 Å². The van der Waals surface area contributed by atoms with E-state index in [0.29, 0.717) is 0 Å². The minimum atomic E-state index is -0.156. The van der Waals surface area contributed by atoms with Gasteiger partial charge in [0, 0.05) is 22.9 Å². The average Bonchev–Trinajstić information content (AvgIpc) is 2.40. The van der Waals surface area contributed by atoms with Gasteiger partial charge in [0.2, 0.25) is 0 Å². The lowest BCUT2D eigenvalue weighted by molar-refractivity contribution is 0.849. The van der Waals surface area contributed by atoms with Crippen molar-refractivity contribution < 1.29 is 0 Å². The molecule has 0 fully saturated rings. The van der Waals surface area contributed by atoms with E-state index in [4.69, 9.17) is 5.73 Å². The molecule has 2 aromatic rings. The molecule has 0 amide bonds. The molecule has 1 unspecified atom stereocenters. The van der Waals surface area contributed by atoms with Crippen molar-refractivity contribution in [2.75, 3.05) is 5.75 Å². The summed E-state index contributed by atoms with van der Waals surface area (Å²) in [5, 5.41) is 0. The Hall–Kier alpha value is -1.39. The first kappa shape index (κ1) is 12.1. The lowest BCUT2D eigenvalue weighted by atomic mass is 10.0. The molecule has 1 heterocycles. The number of rotatable bonds is 4. The van der Waals surface area contributed by atoms with Crippen LogP contribution >= 0.6 is 11.8 Å². The van der Waals surface area contributed by atoms with E-state index in [-0.39, 0.29) is 6.04 Å². The van der Waals surface area contributed by atoms with Crippen LogP contribution in [0.1, 0.15) is 24.1 Å². The zero-order valence-electron chi connectivity index (χ0n) is 9.71. The molecule has 88 valence electrons. The molecule has 0 radical (unpaired) electrons. The Morgan fingerprint density at radius 3 is 2.35 bits per heavy atom. The monoisotopic (exact) mass is 245 g/mol. The second-order valence-corrected chi connectivity index (χ2v) is 4.99. The van der Waals surface area contributed by atoms with Crippen molar-refractivity contribution in [1.82, 2.24) is 9.97 Å². The SMILES string of the molecule is CCSc1ccc(C(N)c2cncnc2)cc1. The molecule has 2 rings (SSSR count). The largest absolute Gasteiger partial charge is 0.320 e. The van der Waals surface area contributed by atoms with E-state index in [1.807, 2.05) is 11.8 Å². The summed E-state index contributed by atoms with van der Waals surface area (Å²) >= 11 is 1.83. The Balaban J connectivity index is 2.17. The normalized spacial score (nSPS) is 12.4. The summed E-state index contributed by atoms with van der Waals surface area (Å²) in [4.78, 5) is 9.24. The first-order valence-electron chi connectivity index (χ1n) is 5.54. The molecule has 0 bridgehead atoms. The van der Waals surface area contributed by atoms with E-state index in [1.165, 1.54) is 11.2 Å². The summed E-state index contributed by atoms with van der Waals surface area (Å²) in [6, 6.07) is 8.18. The molecule has 0 aliphatic heterocycles. The predicted molar refractivity (Wildman–Crippen MR) is 70.9 cm³/mol. The van der Waals surface area contributed by atoms with Crippen LogP contribution in [0.3, 0.4) is 0 Å². The Morgan fingerprint density at radius 2 is 1.76 bits per heavy atom. The van der Waals surface area contributed by atoms with Crippen LogP contribution in [0.25, 0.3) is 0 Å². The number of hydrogen-bond donors (Lipinski definition) is 1. The van der Waals surface area contributed by atoms with Crippen molar-refractivity contribution in [3.8, 4) is 0 Å². The van der Waals surface area contributed by atoms with Gasteiger partial charge in [-0.3, -0.25) is 0 Å². The predicted octanol–water partition coefficient (Wildman–Crippen LogP) is 2.64. The van der Waals surface area contributed by atoms with Crippen molar-refractivity contribution in [1.29, 1.82) is 0 Å². The number of thioether (sulfide) groups is 1. The van der Waals surface area contributed by atoms with Gasteiger partial charge in [-0.05, 0) is 23.4 Å². The van der Waals surface area contributed by atoms with Crippen molar-refractivity contribution in [3.05, 3.63) is 54.1 Å². The van der Waals surface area contributed by atoms with E-state index in [9.17, 15) is 0 Å². The summed E-state index contributed by atoms with van der Waals surface area (Å²) in [5.41, 5.74) is 8.17. The van der Waals surface area contributed by atoms with Gasteiger partial charge in [-0.15, -0.1) is 11.8 Å². The van der Waals surface area contributed by atoms with E-state index < -0.39 is 0 Å². The maximum absolute atomic E-state index is 6.15. The quantitative estimate of drug-likeness (QED) is 0.841. The molecular weight excluding hydrogens is 230 g/mol. The van der Waals surface area contributed by atoms with E-state index >= 15 is 0 Å². The fraction of sp³-hybridized carbons (Fsp3) is 0.231. The van der Waals surface area contributed by atoms with Gasteiger partial charge in [0.05, 0.1) is 6.04 Å². The first-order valence-corrected chi connectivity index (χ1v) is 6.53. The summed E-state index contributed by atoms with van der Waals surface area (Å²) < 4.78 is 0. The number of nitrogens with two attached hydrogens (primary N) is 1.